The number of anilines is 2. The Morgan fingerprint density at radius 2 is 1.82 bits per heavy atom. The maximum absolute atomic E-state index is 12.6. The van der Waals surface area contributed by atoms with Crippen LogP contribution >= 0.6 is 0 Å². The minimum atomic E-state index is -4.38. The van der Waals surface area contributed by atoms with Gasteiger partial charge in [0.05, 0.1) is 11.3 Å². The topological polar surface area (TPSA) is 57.3 Å². The summed E-state index contributed by atoms with van der Waals surface area (Å²) in [6.45, 7) is 0.110. The monoisotopic (exact) mass is 388 g/mol. The molecule has 0 aliphatic heterocycles. The van der Waals surface area contributed by atoms with Crippen LogP contribution in [-0.4, -0.2) is 25.1 Å². The number of urea groups is 1. The van der Waals surface area contributed by atoms with E-state index in [1.54, 1.807) is 12.3 Å². The molecular weight excluding hydrogens is 369 g/mol. The molecule has 0 saturated heterocycles. The molecule has 0 aliphatic carbocycles. The molecule has 0 saturated carbocycles. The van der Waals surface area contributed by atoms with E-state index >= 15 is 0 Å². The quantitative estimate of drug-likeness (QED) is 0.685. The van der Waals surface area contributed by atoms with Gasteiger partial charge in [0.25, 0.3) is 0 Å². The number of rotatable bonds is 4. The zero-order valence-corrected chi connectivity index (χ0v) is 15.3. The maximum atomic E-state index is 12.6. The zero-order valence-electron chi connectivity index (χ0n) is 15.3. The predicted octanol–water partition coefficient (Wildman–Crippen LogP) is 4.64. The van der Waals surface area contributed by atoms with Crippen molar-refractivity contribution in [1.29, 1.82) is 0 Å². The fourth-order valence-corrected chi connectivity index (χ4v) is 2.67. The molecule has 0 radical (unpaired) electrons. The summed E-state index contributed by atoms with van der Waals surface area (Å²) in [4.78, 5) is 18.5. The highest BCUT2D eigenvalue weighted by Crippen LogP contribution is 2.29. The highest BCUT2D eigenvalue weighted by atomic mass is 19.4. The van der Waals surface area contributed by atoms with Gasteiger partial charge in [-0.3, -0.25) is 0 Å². The third kappa shape index (κ3) is 4.51. The van der Waals surface area contributed by atoms with Gasteiger partial charge in [0, 0.05) is 37.6 Å². The molecule has 3 rings (SSSR count). The highest BCUT2D eigenvalue weighted by molar-refractivity contribution is 6.02. The van der Waals surface area contributed by atoms with E-state index in [9.17, 15) is 18.0 Å². The number of hydrogen-bond acceptors (Lipinski definition) is 3. The molecule has 3 aromatic rings. The van der Waals surface area contributed by atoms with Crippen LogP contribution < -0.4 is 15.5 Å². The first-order valence-corrected chi connectivity index (χ1v) is 8.51. The van der Waals surface area contributed by atoms with Crippen LogP contribution in [-0.2, 0) is 12.7 Å². The second-order valence-electron chi connectivity index (χ2n) is 6.47. The highest BCUT2D eigenvalue weighted by Gasteiger charge is 2.29. The van der Waals surface area contributed by atoms with Crippen LogP contribution in [0.1, 0.15) is 11.1 Å². The summed E-state index contributed by atoms with van der Waals surface area (Å²) in [7, 11) is 3.75. The summed E-state index contributed by atoms with van der Waals surface area (Å²) >= 11 is 0. The molecule has 28 heavy (non-hydrogen) atoms. The fraction of sp³-hybridized carbons (Fsp3) is 0.200. The molecule has 0 atom stereocenters. The molecule has 2 aromatic carbocycles. The minimum Gasteiger partial charge on any atom is -0.363 e. The first-order valence-electron chi connectivity index (χ1n) is 8.51. The van der Waals surface area contributed by atoms with Crippen LogP contribution in [0.3, 0.4) is 0 Å². The summed E-state index contributed by atoms with van der Waals surface area (Å²) in [5.74, 6) is 0.756. The predicted molar refractivity (Wildman–Crippen MR) is 103 cm³/mol. The number of fused-ring (bicyclic) bond motifs is 1. The zero-order chi connectivity index (χ0) is 20.3. The fourth-order valence-electron chi connectivity index (χ4n) is 2.67. The Bertz CT molecular complexity index is 985. The van der Waals surface area contributed by atoms with Crippen molar-refractivity contribution in [3.63, 3.8) is 0 Å². The van der Waals surface area contributed by atoms with E-state index in [-0.39, 0.29) is 6.54 Å². The number of pyridine rings is 1. The van der Waals surface area contributed by atoms with E-state index in [0.29, 0.717) is 11.3 Å². The molecule has 8 heteroatoms. The van der Waals surface area contributed by atoms with Gasteiger partial charge in [-0.1, -0.05) is 24.3 Å². The third-order valence-electron chi connectivity index (χ3n) is 4.19. The normalized spacial score (nSPS) is 11.3. The number of amides is 2. The van der Waals surface area contributed by atoms with Gasteiger partial charge in [-0.2, -0.15) is 13.2 Å². The van der Waals surface area contributed by atoms with E-state index in [4.69, 9.17) is 0 Å². The number of alkyl halides is 3. The number of nitrogens with one attached hydrogen (secondary N) is 2. The van der Waals surface area contributed by atoms with Gasteiger partial charge in [0.2, 0.25) is 0 Å². The molecule has 146 valence electrons. The summed E-state index contributed by atoms with van der Waals surface area (Å²) in [6.07, 6.45) is -2.64. The molecular formula is C20H19F3N4O. The van der Waals surface area contributed by atoms with Gasteiger partial charge in [0.15, 0.2) is 0 Å². The Kier molecular flexibility index (Phi) is 5.39. The Morgan fingerprint density at radius 3 is 2.46 bits per heavy atom. The number of hydrogen-bond donors (Lipinski definition) is 2. The molecule has 0 unspecified atom stereocenters. The largest absolute Gasteiger partial charge is 0.416 e. The molecule has 2 amide bonds. The van der Waals surface area contributed by atoms with Crippen molar-refractivity contribution in [1.82, 2.24) is 10.3 Å². The van der Waals surface area contributed by atoms with Crippen molar-refractivity contribution in [2.75, 3.05) is 24.3 Å². The number of carbonyl (C=O) groups is 1. The average molecular weight is 388 g/mol. The Balaban J connectivity index is 1.69. The van der Waals surface area contributed by atoms with Crippen LogP contribution in [0, 0.1) is 0 Å². The van der Waals surface area contributed by atoms with E-state index in [2.05, 4.69) is 15.6 Å². The summed E-state index contributed by atoms with van der Waals surface area (Å²) < 4.78 is 37.8. The van der Waals surface area contributed by atoms with Crippen molar-refractivity contribution in [3.05, 3.63) is 65.9 Å². The number of benzene rings is 2. The lowest BCUT2D eigenvalue weighted by atomic mass is 10.1. The van der Waals surface area contributed by atoms with Gasteiger partial charge in [-0.15, -0.1) is 0 Å². The van der Waals surface area contributed by atoms with Gasteiger partial charge >= 0.3 is 12.2 Å². The van der Waals surface area contributed by atoms with E-state index in [1.807, 2.05) is 37.2 Å². The molecule has 1 heterocycles. The number of nitrogens with zero attached hydrogens (tertiary/aromatic N) is 2. The van der Waals surface area contributed by atoms with Crippen LogP contribution in [0.15, 0.2) is 54.7 Å². The smallest absolute Gasteiger partial charge is 0.363 e. The lowest BCUT2D eigenvalue weighted by molar-refractivity contribution is -0.137. The van der Waals surface area contributed by atoms with Crippen molar-refractivity contribution in [2.45, 2.75) is 12.7 Å². The third-order valence-corrected chi connectivity index (χ3v) is 4.19. The summed E-state index contributed by atoms with van der Waals surface area (Å²) in [5, 5.41) is 7.15. The van der Waals surface area contributed by atoms with Crippen LogP contribution in [0.5, 0.6) is 0 Å². The van der Waals surface area contributed by atoms with Crippen molar-refractivity contribution in [3.8, 4) is 0 Å². The van der Waals surface area contributed by atoms with Gasteiger partial charge < -0.3 is 15.5 Å². The van der Waals surface area contributed by atoms with Crippen molar-refractivity contribution in [2.24, 2.45) is 0 Å². The van der Waals surface area contributed by atoms with Gasteiger partial charge in [0.1, 0.15) is 5.82 Å². The van der Waals surface area contributed by atoms with Crippen molar-refractivity contribution >= 4 is 28.3 Å². The standard InChI is InChI=1S/C20H19F3N4O/c1-27(2)18-10-16-14(12-24-18)4-3-5-17(16)26-19(28)25-11-13-6-8-15(9-7-13)20(21,22)23/h3-10,12H,11H2,1-2H3,(H2,25,26,28). The second kappa shape index (κ2) is 7.75. The maximum Gasteiger partial charge on any atom is 0.416 e. The van der Waals surface area contributed by atoms with E-state index in [0.717, 1.165) is 28.7 Å². The van der Waals surface area contributed by atoms with Gasteiger partial charge in [-0.05, 0) is 29.8 Å². The SMILES string of the molecule is CN(C)c1cc2c(NC(=O)NCc3ccc(C(F)(F)F)cc3)cccc2cn1. The lowest BCUT2D eigenvalue weighted by Crippen LogP contribution is -2.28. The van der Waals surface area contributed by atoms with E-state index < -0.39 is 17.8 Å². The molecule has 5 nitrogen and oxygen atoms in total. The Labute approximate surface area is 160 Å². The first kappa shape index (κ1) is 19.5. The summed E-state index contributed by atoms with van der Waals surface area (Å²) in [5.41, 5.74) is 0.467. The molecule has 0 fully saturated rings. The molecule has 0 spiro atoms. The second-order valence-corrected chi connectivity index (χ2v) is 6.47. The first-order chi connectivity index (χ1) is 13.2. The van der Waals surface area contributed by atoms with Crippen LogP contribution in [0.4, 0.5) is 29.5 Å². The Hall–Kier alpha value is -3.29. The van der Waals surface area contributed by atoms with Gasteiger partial charge in [-0.25, -0.2) is 9.78 Å². The van der Waals surface area contributed by atoms with Crippen LogP contribution in [0.2, 0.25) is 0 Å². The number of carbonyl (C=O) groups excluding carboxylic acids is 1. The minimum absolute atomic E-state index is 0.110. The molecule has 0 bridgehead atoms. The molecule has 2 N–H and O–H groups in total. The molecule has 0 aliphatic rings. The van der Waals surface area contributed by atoms with Crippen molar-refractivity contribution < 1.29 is 18.0 Å². The van der Waals surface area contributed by atoms with Crippen LogP contribution in [0.25, 0.3) is 10.8 Å². The summed E-state index contributed by atoms with van der Waals surface area (Å²) in [6, 6.07) is 11.6. The average Bonchev–Trinajstić information content (AvgIpc) is 2.66. The lowest BCUT2D eigenvalue weighted by Gasteiger charge is -2.14. The number of aromatic nitrogens is 1. The van der Waals surface area contributed by atoms with E-state index in [1.165, 1.54) is 12.1 Å². The Morgan fingerprint density at radius 1 is 1.11 bits per heavy atom. The number of halogens is 3. The molecule has 1 aromatic heterocycles.